The highest BCUT2D eigenvalue weighted by molar-refractivity contribution is 5.94. The largest absolute Gasteiger partial charge is 0.457 e. The minimum Gasteiger partial charge on any atom is -0.457 e. The third-order valence-corrected chi connectivity index (χ3v) is 5.89. The Hall–Kier alpha value is -2.67. The summed E-state index contributed by atoms with van der Waals surface area (Å²) in [5, 5.41) is 0. The highest BCUT2D eigenvalue weighted by Crippen LogP contribution is 2.49. The fourth-order valence-corrected chi connectivity index (χ4v) is 4.08. The molecule has 0 bridgehead atoms. The van der Waals surface area contributed by atoms with Crippen LogP contribution in [0.25, 0.3) is 0 Å². The first-order valence-electron chi connectivity index (χ1n) is 9.52. The lowest BCUT2D eigenvalue weighted by molar-refractivity contribution is -0.140. The Morgan fingerprint density at radius 2 is 2.32 bits per heavy atom. The van der Waals surface area contributed by atoms with E-state index in [1.807, 2.05) is 6.92 Å². The van der Waals surface area contributed by atoms with E-state index in [1.165, 1.54) is 6.20 Å². The Morgan fingerprint density at radius 3 is 3.11 bits per heavy atom. The van der Waals surface area contributed by atoms with Crippen LogP contribution in [0.5, 0.6) is 0 Å². The van der Waals surface area contributed by atoms with Crippen molar-refractivity contribution in [2.24, 2.45) is 5.92 Å². The fraction of sp³-hybridized carbons (Fsp3) is 0.476. The lowest BCUT2D eigenvalue weighted by Crippen LogP contribution is -2.29. The Morgan fingerprint density at radius 1 is 1.50 bits per heavy atom. The van der Waals surface area contributed by atoms with Gasteiger partial charge < -0.3 is 19.9 Å². The van der Waals surface area contributed by atoms with Gasteiger partial charge in [0.1, 0.15) is 30.2 Å². The van der Waals surface area contributed by atoms with Gasteiger partial charge in [0.2, 0.25) is 0 Å². The molecule has 0 amide bonds. The number of carbonyl (C=O) groups excluding carboxylic acids is 2. The van der Waals surface area contributed by atoms with Crippen molar-refractivity contribution in [1.29, 1.82) is 0 Å². The summed E-state index contributed by atoms with van der Waals surface area (Å²) in [5.74, 6) is -0.762. The maximum atomic E-state index is 12.3. The lowest BCUT2D eigenvalue weighted by atomic mass is 9.84. The first-order valence-corrected chi connectivity index (χ1v) is 9.52. The van der Waals surface area contributed by atoms with Gasteiger partial charge in [0.25, 0.3) is 0 Å². The van der Waals surface area contributed by atoms with Gasteiger partial charge in [-0.1, -0.05) is 12.7 Å². The molecule has 3 aliphatic rings. The molecule has 0 saturated carbocycles. The van der Waals surface area contributed by atoms with E-state index in [4.69, 9.17) is 19.9 Å². The molecular weight excluding hydrogens is 360 g/mol. The van der Waals surface area contributed by atoms with E-state index in [1.54, 1.807) is 12.1 Å². The van der Waals surface area contributed by atoms with Crippen molar-refractivity contribution in [2.75, 3.05) is 12.3 Å². The van der Waals surface area contributed by atoms with Crippen LogP contribution in [0.15, 0.2) is 42.1 Å². The molecule has 0 unspecified atom stereocenters. The van der Waals surface area contributed by atoms with Crippen molar-refractivity contribution >= 4 is 17.8 Å². The molecule has 2 N–H and O–H groups in total. The van der Waals surface area contributed by atoms with Crippen LogP contribution in [0.4, 0.5) is 5.82 Å². The second kappa shape index (κ2) is 7.05. The molecule has 7 heteroatoms. The van der Waals surface area contributed by atoms with Crippen molar-refractivity contribution in [2.45, 2.75) is 50.4 Å². The van der Waals surface area contributed by atoms with Gasteiger partial charge in [0.15, 0.2) is 0 Å². The van der Waals surface area contributed by atoms with Crippen LogP contribution in [0, 0.1) is 5.92 Å². The first kappa shape index (κ1) is 18.7. The van der Waals surface area contributed by atoms with Gasteiger partial charge in [-0.3, -0.25) is 0 Å². The molecule has 28 heavy (non-hydrogen) atoms. The first-order chi connectivity index (χ1) is 13.4. The van der Waals surface area contributed by atoms with Crippen molar-refractivity contribution in [3.63, 3.8) is 0 Å². The summed E-state index contributed by atoms with van der Waals surface area (Å²) in [5.41, 5.74) is 7.22. The predicted octanol–water partition coefficient (Wildman–Crippen LogP) is 2.58. The summed E-state index contributed by atoms with van der Waals surface area (Å²) in [4.78, 5) is 28.2. The van der Waals surface area contributed by atoms with Crippen LogP contribution in [0.1, 0.15) is 43.0 Å². The second-order valence-electron chi connectivity index (χ2n) is 7.80. The molecule has 1 aromatic heterocycles. The topological polar surface area (TPSA) is 104 Å². The number of hydrogen-bond acceptors (Lipinski definition) is 7. The molecule has 0 aromatic carbocycles. The minimum atomic E-state index is -0.497. The molecule has 4 rings (SSSR count). The molecule has 4 atom stereocenters. The number of anilines is 1. The van der Waals surface area contributed by atoms with E-state index in [-0.39, 0.29) is 47.7 Å². The van der Waals surface area contributed by atoms with Gasteiger partial charge >= 0.3 is 11.9 Å². The number of nitrogens with zero attached hydrogens (tertiary/aromatic N) is 1. The maximum absolute atomic E-state index is 12.3. The van der Waals surface area contributed by atoms with Crippen LogP contribution in [0.3, 0.4) is 0 Å². The molecule has 148 valence electrons. The molecule has 2 fully saturated rings. The quantitative estimate of drug-likeness (QED) is 0.370. The Kier molecular flexibility index (Phi) is 4.71. The van der Waals surface area contributed by atoms with E-state index >= 15 is 0 Å². The van der Waals surface area contributed by atoms with Gasteiger partial charge in [-0.15, -0.1) is 0 Å². The Balaban J connectivity index is 1.45. The van der Waals surface area contributed by atoms with Crippen molar-refractivity contribution < 1.29 is 23.8 Å². The number of rotatable bonds is 3. The number of ether oxygens (including phenoxy) is 3. The van der Waals surface area contributed by atoms with Gasteiger partial charge in [0.05, 0.1) is 5.60 Å². The molecule has 2 saturated heterocycles. The number of hydrogen-bond donors (Lipinski definition) is 1. The van der Waals surface area contributed by atoms with E-state index in [0.717, 1.165) is 18.4 Å². The van der Waals surface area contributed by atoms with E-state index in [0.29, 0.717) is 18.4 Å². The Bertz CT molecular complexity index is 864. The van der Waals surface area contributed by atoms with Crippen molar-refractivity contribution in [3.05, 3.63) is 47.7 Å². The van der Waals surface area contributed by atoms with E-state index < -0.39 is 5.97 Å². The zero-order chi connectivity index (χ0) is 19.9. The van der Waals surface area contributed by atoms with Gasteiger partial charge in [0, 0.05) is 17.7 Å². The number of carbonyl (C=O) groups is 2. The summed E-state index contributed by atoms with van der Waals surface area (Å²) in [6, 6.07) is 3.24. The third-order valence-electron chi connectivity index (χ3n) is 5.89. The van der Waals surface area contributed by atoms with E-state index in [2.05, 4.69) is 17.6 Å². The zero-order valence-corrected chi connectivity index (χ0v) is 15.8. The molecule has 2 aliphatic heterocycles. The number of epoxide rings is 1. The molecule has 0 radical (unpaired) electrons. The molecule has 3 heterocycles. The molecule has 0 spiro atoms. The summed E-state index contributed by atoms with van der Waals surface area (Å²) < 4.78 is 16.9. The average molecular weight is 384 g/mol. The number of fused-ring (bicyclic) bond motifs is 3. The number of aromatic nitrogens is 1. The van der Waals surface area contributed by atoms with Crippen LogP contribution in [0.2, 0.25) is 0 Å². The monoisotopic (exact) mass is 384 g/mol. The molecular formula is C21H24N2O5. The predicted molar refractivity (Wildman–Crippen MR) is 101 cm³/mol. The minimum absolute atomic E-state index is 0.0676. The number of nitrogen functional groups attached to an aromatic ring is 1. The Labute approximate surface area is 163 Å². The highest BCUT2D eigenvalue weighted by atomic mass is 16.6. The van der Waals surface area contributed by atoms with E-state index in [9.17, 15) is 9.59 Å². The smallest absolute Gasteiger partial charge is 0.342 e. The number of allylic oxidation sites excluding steroid dienone is 1. The number of pyridine rings is 1. The summed E-state index contributed by atoms with van der Waals surface area (Å²) in [7, 11) is 0. The zero-order valence-electron chi connectivity index (χ0n) is 15.8. The third kappa shape index (κ3) is 3.42. The van der Waals surface area contributed by atoms with Crippen molar-refractivity contribution in [3.8, 4) is 0 Å². The van der Waals surface area contributed by atoms with Crippen LogP contribution >= 0.6 is 0 Å². The summed E-state index contributed by atoms with van der Waals surface area (Å²) in [6.07, 6.45) is 6.30. The summed E-state index contributed by atoms with van der Waals surface area (Å²) >= 11 is 0. The molecule has 7 nitrogen and oxygen atoms in total. The highest BCUT2D eigenvalue weighted by Gasteiger charge is 2.61. The van der Waals surface area contributed by atoms with Crippen molar-refractivity contribution in [1.82, 2.24) is 4.98 Å². The number of nitrogens with two attached hydrogens (primary N) is 1. The van der Waals surface area contributed by atoms with Crippen LogP contribution in [-0.4, -0.2) is 41.3 Å². The maximum Gasteiger partial charge on any atom is 0.342 e. The lowest BCUT2D eigenvalue weighted by Gasteiger charge is -2.20. The summed E-state index contributed by atoms with van der Waals surface area (Å²) in [6.45, 7) is 6.13. The molecule has 1 aliphatic carbocycles. The van der Waals surface area contributed by atoms with Gasteiger partial charge in [-0.2, -0.15) is 0 Å². The standard InChI is InChI=1S/C21H24N2O5/c1-12-14-8-7-13(11-26-20(25)15-6-4-10-23-18(15)22)5-3-9-21(2)17(28-21)16(14)27-19(12)24/h4-6,10,14,16-17H,1,3,7-9,11H2,2H3,(H2,22,23)/b13-5+/t14-,16-,17-,21+/m0/s1. The SMILES string of the molecule is C=C1C(=O)O[C@H]2[C@H]1CC/C(COC(=O)c1cccnc1N)=C\CC[C@@]1(C)O[C@@H]21. The van der Waals surface area contributed by atoms with Crippen LogP contribution < -0.4 is 5.73 Å². The van der Waals surface area contributed by atoms with Gasteiger partial charge in [-0.05, 0) is 50.3 Å². The molecule has 1 aromatic rings. The van der Waals surface area contributed by atoms with Crippen LogP contribution in [-0.2, 0) is 19.0 Å². The number of esters is 2. The average Bonchev–Trinajstić information content (AvgIpc) is 3.26. The normalized spacial score (nSPS) is 33.8. The second-order valence-corrected chi connectivity index (χ2v) is 7.80. The fourth-order valence-electron chi connectivity index (χ4n) is 4.08. The van der Waals surface area contributed by atoms with Gasteiger partial charge in [-0.25, -0.2) is 14.6 Å².